The fourth-order valence-electron chi connectivity index (χ4n) is 8.23. The van der Waals surface area contributed by atoms with Crippen molar-refractivity contribution in [2.75, 3.05) is 66.1 Å². The Morgan fingerprint density at radius 2 is 1.67 bits per heavy atom. The quantitative estimate of drug-likeness (QED) is 0.217. The minimum atomic E-state index is -1.36. The average molecular weight is 772 g/mol. The van der Waals surface area contributed by atoms with E-state index < -0.39 is 47.7 Å². The van der Waals surface area contributed by atoms with Crippen molar-refractivity contribution in [2.45, 2.75) is 75.3 Å². The summed E-state index contributed by atoms with van der Waals surface area (Å²) in [7, 11) is 1.72. The van der Waals surface area contributed by atoms with Gasteiger partial charge in [-0.05, 0) is 37.8 Å². The summed E-state index contributed by atoms with van der Waals surface area (Å²) in [5.41, 5.74) is -0.627. The summed E-state index contributed by atoms with van der Waals surface area (Å²) in [6.45, 7) is 6.47. The van der Waals surface area contributed by atoms with Crippen molar-refractivity contribution in [3.8, 4) is 0 Å². The maximum atomic E-state index is 15.0. The van der Waals surface area contributed by atoms with Gasteiger partial charge in [-0.2, -0.15) is 0 Å². The maximum Gasteiger partial charge on any atom is 0.313 e. The number of morpholine rings is 1. The van der Waals surface area contributed by atoms with Crippen LogP contribution in [0.4, 0.5) is 0 Å². The number of carbonyl (C=O) groups is 4. The SMILES string of the molecule is C[C@@H]1[C@@H](c2ccccc2)OC(=O)[C@@H]2[C@H]3O[C@@]4(C=C3Br)[C@H](C(=O)N(CCN3CCOCC3)C/C=C\CCC(=O)N1C)N(CCCCCCO)C(=O)[C@@H]24. The third-order valence-electron chi connectivity index (χ3n) is 11.2. The van der Waals surface area contributed by atoms with E-state index >= 15 is 0 Å². The van der Waals surface area contributed by atoms with Crippen LogP contribution in [0.15, 0.2) is 53.0 Å². The van der Waals surface area contributed by atoms with Crippen LogP contribution in [0, 0.1) is 11.8 Å². The number of carbonyl (C=O) groups excluding carboxylic acids is 4. The standard InChI is InChI=1S/C38H51BrN4O8/c1-26-32(27-13-7-5-8-14-27)50-37(48)30-31-35(46)43(17-11-3-4-12-22-44)34(38(31)25-28(39)33(30)51-38)36(47)42(19-18-41-20-23-49-24-21-41)16-10-6-9-15-29(45)40(26)2/h5-8,10,13-14,25-26,30-34,44H,3-4,9,11-12,15-24H2,1-2H3/b10-6-/t26-,30+,31-,32+,33+,34+,38-/m1/s1. The molecule has 5 aliphatic heterocycles. The van der Waals surface area contributed by atoms with E-state index in [4.69, 9.17) is 14.2 Å². The molecule has 3 amide bonds. The molecule has 0 saturated carbocycles. The molecule has 6 rings (SSSR count). The zero-order valence-electron chi connectivity index (χ0n) is 29.7. The highest BCUT2D eigenvalue weighted by Crippen LogP contribution is 2.59. The summed E-state index contributed by atoms with van der Waals surface area (Å²) in [4.78, 5) is 64.8. The van der Waals surface area contributed by atoms with Crippen LogP contribution in [0.2, 0.25) is 0 Å². The summed E-state index contributed by atoms with van der Waals surface area (Å²) in [5, 5.41) is 9.31. The molecule has 1 aromatic carbocycles. The molecule has 0 aromatic heterocycles. The molecular formula is C38H51BrN4O8. The number of amides is 3. The van der Waals surface area contributed by atoms with Crippen LogP contribution in [0.1, 0.15) is 57.1 Å². The predicted molar refractivity (Wildman–Crippen MR) is 192 cm³/mol. The van der Waals surface area contributed by atoms with Crippen LogP contribution >= 0.6 is 15.9 Å². The van der Waals surface area contributed by atoms with Crippen molar-refractivity contribution >= 4 is 39.6 Å². The van der Waals surface area contributed by atoms with Crippen LogP contribution in [0.3, 0.4) is 0 Å². The highest BCUT2D eigenvalue weighted by atomic mass is 79.9. The molecule has 278 valence electrons. The largest absolute Gasteiger partial charge is 0.455 e. The highest BCUT2D eigenvalue weighted by molar-refractivity contribution is 9.11. The summed E-state index contributed by atoms with van der Waals surface area (Å²) in [6, 6.07) is 7.85. The van der Waals surface area contributed by atoms with Crippen LogP contribution in [0.25, 0.3) is 0 Å². The smallest absolute Gasteiger partial charge is 0.313 e. The molecule has 3 saturated heterocycles. The number of aliphatic hydroxyl groups is 1. The first-order chi connectivity index (χ1) is 24.7. The third kappa shape index (κ3) is 7.69. The minimum absolute atomic E-state index is 0.0922. The van der Waals surface area contributed by atoms with Crippen LogP contribution in [-0.4, -0.2) is 138 Å². The van der Waals surface area contributed by atoms with Gasteiger partial charge in [0.15, 0.2) is 0 Å². The topological polar surface area (TPSA) is 129 Å². The lowest BCUT2D eigenvalue weighted by atomic mass is 9.74. The van der Waals surface area contributed by atoms with Gasteiger partial charge < -0.3 is 34.0 Å². The van der Waals surface area contributed by atoms with Gasteiger partial charge in [-0.1, -0.05) is 71.3 Å². The first kappa shape index (κ1) is 37.7. The Kier molecular flexibility index (Phi) is 12.3. The van der Waals surface area contributed by atoms with E-state index in [2.05, 4.69) is 20.8 Å². The van der Waals surface area contributed by atoms with Gasteiger partial charge >= 0.3 is 5.97 Å². The Morgan fingerprint density at radius 1 is 0.922 bits per heavy atom. The van der Waals surface area contributed by atoms with Crippen molar-refractivity contribution in [1.82, 2.24) is 19.6 Å². The second-order valence-electron chi connectivity index (χ2n) is 14.3. The fraction of sp³-hybridized carbons (Fsp3) is 0.632. The lowest BCUT2D eigenvalue weighted by molar-refractivity contribution is -0.164. The molecule has 0 radical (unpaired) electrons. The van der Waals surface area contributed by atoms with E-state index in [0.29, 0.717) is 63.1 Å². The Bertz CT molecular complexity index is 1490. The molecule has 0 aliphatic carbocycles. The Balaban J connectivity index is 1.38. The van der Waals surface area contributed by atoms with Gasteiger partial charge in [0, 0.05) is 63.8 Å². The summed E-state index contributed by atoms with van der Waals surface area (Å²) < 4.78 is 19.2. The molecule has 1 N–H and O–H groups in total. The van der Waals surface area contributed by atoms with Crippen LogP contribution in [-0.2, 0) is 33.4 Å². The Morgan fingerprint density at radius 3 is 2.41 bits per heavy atom. The van der Waals surface area contributed by atoms with E-state index in [1.165, 1.54) is 0 Å². The number of hydrogen-bond donors (Lipinski definition) is 1. The molecular weight excluding hydrogens is 720 g/mol. The van der Waals surface area contributed by atoms with Crippen molar-refractivity contribution in [1.29, 1.82) is 0 Å². The van der Waals surface area contributed by atoms with Crippen LogP contribution in [0.5, 0.6) is 0 Å². The van der Waals surface area contributed by atoms with Gasteiger partial charge in [0.25, 0.3) is 0 Å². The number of fused-ring (bicyclic) bond motifs is 2. The molecule has 5 aliphatic rings. The number of nitrogens with zero attached hydrogens (tertiary/aromatic N) is 4. The Hall–Kier alpha value is -3.10. The number of allylic oxidation sites excluding steroid dienone is 1. The number of ether oxygens (including phenoxy) is 3. The molecule has 1 aromatic rings. The number of unbranched alkanes of at least 4 members (excludes halogenated alkanes) is 3. The second-order valence-corrected chi connectivity index (χ2v) is 15.2. The van der Waals surface area contributed by atoms with E-state index in [0.717, 1.165) is 31.5 Å². The van der Waals surface area contributed by atoms with Gasteiger partial charge in [0.2, 0.25) is 17.7 Å². The number of benzene rings is 1. The van der Waals surface area contributed by atoms with Crippen molar-refractivity contribution < 1.29 is 38.5 Å². The second kappa shape index (κ2) is 16.7. The average Bonchev–Trinajstić information content (AvgIpc) is 3.74. The summed E-state index contributed by atoms with van der Waals surface area (Å²) in [6.07, 6.45) is 7.74. The number of cyclic esters (lactones) is 1. The number of halogens is 1. The Labute approximate surface area is 308 Å². The molecule has 5 heterocycles. The van der Waals surface area contributed by atoms with E-state index in [-0.39, 0.29) is 30.7 Å². The lowest BCUT2D eigenvalue weighted by Gasteiger charge is -2.37. The lowest BCUT2D eigenvalue weighted by Crippen LogP contribution is -2.57. The van der Waals surface area contributed by atoms with Crippen molar-refractivity contribution in [3.05, 3.63) is 58.6 Å². The fourth-order valence-corrected chi connectivity index (χ4v) is 8.97. The number of likely N-dealkylation sites (tertiary alicyclic amines) is 1. The number of rotatable bonds is 10. The summed E-state index contributed by atoms with van der Waals surface area (Å²) in [5.74, 6) is -3.17. The number of esters is 1. The highest BCUT2D eigenvalue weighted by Gasteiger charge is 2.75. The van der Waals surface area contributed by atoms with Crippen LogP contribution < -0.4 is 0 Å². The van der Waals surface area contributed by atoms with Gasteiger partial charge in [0.05, 0.1) is 25.2 Å². The number of likely N-dealkylation sites (N-methyl/N-ethyl adjacent to an activating group) is 1. The molecule has 0 unspecified atom stereocenters. The normalized spacial score (nSPS) is 32.7. The first-order valence-electron chi connectivity index (χ1n) is 18.4. The minimum Gasteiger partial charge on any atom is -0.455 e. The number of hydrogen-bond acceptors (Lipinski definition) is 9. The zero-order valence-corrected chi connectivity index (χ0v) is 31.2. The molecule has 1 spiro atoms. The van der Waals surface area contributed by atoms with Gasteiger partial charge in [-0.3, -0.25) is 24.1 Å². The first-order valence-corrected chi connectivity index (χ1v) is 19.2. The molecule has 7 atom stereocenters. The molecule has 12 nitrogen and oxygen atoms in total. The van der Waals surface area contributed by atoms with Gasteiger partial charge in [0.1, 0.15) is 29.8 Å². The molecule has 13 heteroatoms. The zero-order chi connectivity index (χ0) is 36.1. The molecule has 5 bridgehead atoms. The molecule has 51 heavy (non-hydrogen) atoms. The van der Waals surface area contributed by atoms with E-state index in [1.807, 2.05) is 55.5 Å². The van der Waals surface area contributed by atoms with E-state index in [1.54, 1.807) is 21.7 Å². The maximum absolute atomic E-state index is 15.0. The van der Waals surface area contributed by atoms with Gasteiger partial charge in [-0.15, -0.1) is 0 Å². The van der Waals surface area contributed by atoms with E-state index in [9.17, 15) is 24.3 Å². The third-order valence-corrected chi connectivity index (χ3v) is 11.9. The van der Waals surface area contributed by atoms with Gasteiger partial charge in [-0.25, -0.2) is 0 Å². The molecule has 3 fully saturated rings. The van der Waals surface area contributed by atoms with Crippen molar-refractivity contribution in [2.24, 2.45) is 11.8 Å². The van der Waals surface area contributed by atoms with Crippen molar-refractivity contribution in [3.63, 3.8) is 0 Å². The monoisotopic (exact) mass is 770 g/mol. The number of aliphatic hydroxyl groups excluding tert-OH is 1. The summed E-state index contributed by atoms with van der Waals surface area (Å²) >= 11 is 3.65. The predicted octanol–water partition coefficient (Wildman–Crippen LogP) is 3.05.